The molecule has 2 aromatic rings. The van der Waals surface area contributed by atoms with Gasteiger partial charge in [-0.05, 0) is 31.5 Å². The molecule has 1 aromatic carbocycles. The SMILES string of the molecule is O=C(C1CCCN1Cc1nc(-c2cccc(C(F)(F)F)c2)no1)N1CCSCC1. The highest BCUT2D eigenvalue weighted by Crippen LogP contribution is 2.31. The maximum absolute atomic E-state index is 12.9. The van der Waals surface area contributed by atoms with E-state index in [4.69, 9.17) is 4.52 Å². The first kappa shape index (κ1) is 20.2. The van der Waals surface area contributed by atoms with E-state index in [9.17, 15) is 18.0 Å². The number of aromatic nitrogens is 2. The molecule has 29 heavy (non-hydrogen) atoms. The van der Waals surface area contributed by atoms with E-state index in [1.165, 1.54) is 12.1 Å². The Bertz CT molecular complexity index is 867. The number of alkyl halides is 3. The van der Waals surface area contributed by atoms with E-state index in [1.807, 2.05) is 21.6 Å². The second-order valence-corrected chi connectivity index (χ2v) is 8.38. The van der Waals surface area contributed by atoms with E-state index in [0.29, 0.717) is 12.4 Å². The number of carbonyl (C=O) groups excluding carboxylic acids is 1. The van der Waals surface area contributed by atoms with Gasteiger partial charge in [0.15, 0.2) is 0 Å². The molecule has 1 amide bonds. The van der Waals surface area contributed by atoms with Crippen LogP contribution in [0.1, 0.15) is 24.3 Å². The standard InChI is InChI=1S/C19H21F3N4O2S/c20-19(21,22)14-4-1-3-13(11-14)17-23-16(28-24-17)12-26-6-2-5-15(26)18(27)25-7-9-29-10-8-25/h1,3-4,11,15H,2,5-10,12H2. The van der Waals surface area contributed by atoms with Crippen LogP contribution in [0.3, 0.4) is 0 Å². The van der Waals surface area contributed by atoms with Gasteiger partial charge in [-0.2, -0.15) is 29.9 Å². The number of amides is 1. The number of likely N-dealkylation sites (tertiary alicyclic amines) is 1. The van der Waals surface area contributed by atoms with E-state index < -0.39 is 11.7 Å². The van der Waals surface area contributed by atoms with Crippen molar-refractivity contribution in [1.82, 2.24) is 19.9 Å². The lowest BCUT2D eigenvalue weighted by molar-refractivity contribution is -0.137. The molecule has 0 aliphatic carbocycles. The summed E-state index contributed by atoms with van der Waals surface area (Å²) in [5.74, 6) is 2.47. The molecular formula is C19H21F3N4O2S. The van der Waals surface area contributed by atoms with Crippen molar-refractivity contribution in [2.75, 3.05) is 31.1 Å². The highest BCUT2D eigenvalue weighted by molar-refractivity contribution is 7.99. The lowest BCUT2D eigenvalue weighted by atomic mass is 10.1. The zero-order chi connectivity index (χ0) is 20.4. The first-order valence-electron chi connectivity index (χ1n) is 9.52. The van der Waals surface area contributed by atoms with Crippen LogP contribution in [0.15, 0.2) is 28.8 Å². The van der Waals surface area contributed by atoms with Gasteiger partial charge in [-0.1, -0.05) is 17.3 Å². The van der Waals surface area contributed by atoms with Gasteiger partial charge in [-0.25, -0.2) is 0 Å². The van der Waals surface area contributed by atoms with Crippen LogP contribution in [0.25, 0.3) is 11.4 Å². The summed E-state index contributed by atoms with van der Waals surface area (Å²) in [6.45, 7) is 2.60. The third-order valence-corrected chi connectivity index (χ3v) is 6.17. The summed E-state index contributed by atoms with van der Waals surface area (Å²) in [6, 6.07) is 4.64. The Morgan fingerprint density at radius 1 is 1.24 bits per heavy atom. The third-order valence-electron chi connectivity index (χ3n) is 5.23. The minimum absolute atomic E-state index is 0.112. The van der Waals surface area contributed by atoms with Crippen molar-refractivity contribution in [1.29, 1.82) is 0 Å². The van der Waals surface area contributed by atoms with Crippen molar-refractivity contribution < 1.29 is 22.5 Å². The molecule has 0 radical (unpaired) electrons. The molecule has 0 spiro atoms. The third kappa shape index (κ3) is 4.58. The number of halogens is 3. The summed E-state index contributed by atoms with van der Waals surface area (Å²) < 4.78 is 44.0. The summed E-state index contributed by atoms with van der Waals surface area (Å²) >= 11 is 1.85. The largest absolute Gasteiger partial charge is 0.416 e. The number of hydrogen-bond acceptors (Lipinski definition) is 6. The molecule has 2 saturated heterocycles. The highest BCUT2D eigenvalue weighted by atomic mass is 32.2. The maximum atomic E-state index is 12.9. The molecule has 6 nitrogen and oxygen atoms in total. The van der Waals surface area contributed by atoms with Crippen molar-refractivity contribution in [3.8, 4) is 11.4 Å². The predicted octanol–water partition coefficient (Wildman–Crippen LogP) is 3.30. The molecule has 1 aromatic heterocycles. The van der Waals surface area contributed by atoms with Gasteiger partial charge >= 0.3 is 6.18 Å². The number of thioether (sulfide) groups is 1. The first-order chi connectivity index (χ1) is 13.9. The molecule has 1 unspecified atom stereocenters. The van der Waals surface area contributed by atoms with Crippen molar-refractivity contribution in [2.45, 2.75) is 31.6 Å². The Balaban J connectivity index is 1.45. The minimum Gasteiger partial charge on any atom is -0.340 e. The molecule has 3 heterocycles. The predicted molar refractivity (Wildman–Crippen MR) is 102 cm³/mol. The number of hydrogen-bond donors (Lipinski definition) is 0. The quantitative estimate of drug-likeness (QED) is 0.748. The molecule has 0 saturated carbocycles. The molecular weight excluding hydrogens is 405 g/mol. The van der Waals surface area contributed by atoms with E-state index >= 15 is 0 Å². The Hall–Kier alpha value is -2.07. The van der Waals surface area contributed by atoms with Crippen molar-refractivity contribution >= 4 is 17.7 Å². The smallest absolute Gasteiger partial charge is 0.340 e. The lowest BCUT2D eigenvalue weighted by Crippen LogP contribution is -2.48. The fourth-order valence-electron chi connectivity index (χ4n) is 3.73. The Kier molecular flexibility index (Phi) is 5.82. The Labute approximate surface area is 170 Å². The van der Waals surface area contributed by atoms with Crippen LogP contribution in [0.2, 0.25) is 0 Å². The van der Waals surface area contributed by atoms with Crippen molar-refractivity contribution in [3.05, 3.63) is 35.7 Å². The van der Waals surface area contributed by atoms with Gasteiger partial charge in [0.05, 0.1) is 18.2 Å². The van der Waals surface area contributed by atoms with Gasteiger partial charge in [0.2, 0.25) is 17.6 Å². The number of rotatable bonds is 4. The maximum Gasteiger partial charge on any atom is 0.416 e. The van der Waals surface area contributed by atoms with Crippen LogP contribution in [0.4, 0.5) is 13.2 Å². The number of benzene rings is 1. The zero-order valence-corrected chi connectivity index (χ0v) is 16.5. The monoisotopic (exact) mass is 426 g/mol. The number of nitrogens with zero attached hydrogens (tertiary/aromatic N) is 4. The fourth-order valence-corrected chi connectivity index (χ4v) is 4.64. The summed E-state index contributed by atoms with van der Waals surface area (Å²) in [4.78, 5) is 21.1. The zero-order valence-electron chi connectivity index (χ0n) is 15.7. The van der Waals surface area contributed by atoms with Crippen LogP contribution < -0.4 is 0 Å². The van der Waals surface area contributed by atoms with Crippen LogP contribution in [0.5, 0.6) is 0 Å². The molecule has 2 aliphatic rings. The van der Waals surface area contributed by atoms with Gasteiger partial charge in [0, 0.05) is 30.2 Å². The van der Waals surface area contributed by atoms with Crippen LogP contribution >= 0.6 is 11.8 Å². The van der Waals surface area contributed by atoms with Crippen LogP contribution in [-0.2, 0) is 17.5 Å². The molecule has 2 aliphatic heterocycles. The molecule has 4 rings (SSSR count). The van der Waals surface area contributed by atoms with E-state index in [1.54, 1.807) is 0 Å². The summed E-state index contributed by atoms with van der Waals surface area (Å²) in [5.41, 5.74) is -0.513. The molecule has 1 atom stereocenters. The molecule has 0 N–H and O–H groups in total. The lowest BCUT2D eigenvalue weighted by Gasteiger charge is -2.31. The highest BCUT2D eigenvalue weighted by Gasteiger charge is 2.35. The van der Waals surface area contributed by atoms with Gasteiger partial charge in [0.25, 0.3) is 0 Å². The average molecular weight is 426 g/mol. The average Bonchev–Trinajstić information content (AvgIpc) is 3.38. The molecule has 2 fully saturated rings. The van der Waals surface area contributed by atoms with Crippen LogP contribution in [0, 0.1) is 0 Å². The molecule has 0 bridgehead atoms. The summed E-state index contributed by atoms with van der Waals surface area (Å²) in [5, 5.41) is 3.83. The summed E-state index contributed by atoms with van der Waals surface area (Å²) in [6.07, 6.45) is -2.73. The molecule has 10 heteroatoms. The van der Waals surface area contributed by atoms with E-state index in [0.717, 1.165) is 56.1 Å². The Morgan fingerprint density at radius 3 is 2.79 bits per heavy atom. The Morgan fingerprint density at radius 2 is 2.03 bits per heavy atom. The van der Waals surface area contributed by atoms with E-state index in [2.05, 4.69) is 10.1 Å². The second-order valence-electron chi connectivity index (χ2n) is 7.16. The first-order valence-corrected chi connectivity index (χ1v) is 10.7. The van der Waals surface area contributed by atoms with Gasteiger partial charge in [-0.15, -0.1) is 0 Å². The number of carbonyl (C=O) groups is 1. The van der Waals surface area contributed by atoms with Gasteiger partial charge in [0.1, 0.15) is 0 Å². The normalized spacial score (nSPS) is 20.9. The topological polar surface area (TPSA) is 62.5 Å². The van der Waals surface area contributed by atoms with Crippen molar-refractivity contribution in [2.24, 2.45) is 0 Å². The summed E-state index contributed by atoms with van der Waals surface area (Å²) in [7, 11) is 0. The fraction of sp³-hybridized carbons (Fsp3) is 0.526. The van der Waals surface area contributed by atoms with Crippen molar-refractivity contribution in [3.63, 3.8) is 0 Å². The second kappa shape index (κ2) is 8.35. The van der Waals surface area contributed by atoms with Gasteiger partial charge in [-0.3, -0.25) is 9.69 Å². The molecule has 156 valence electrons. The minimum atomic E-state index is -4.43. The van der Waals surface area contributed by atoms with Crippen LogP contribution in [-0.4, -0.2) is 63.0 Å². The van der Waals surface area contributed by atoms with E-state index in [-0.39, 0.29) is 23.3 Å². The van der Waals surface area contributed by atoms with Gasteiger partial charge < -0.3 is 9.42 Å².